The van der Waals surface area contributed by atoms with Crippen molar-refractivity contribution in [1.29, 1.82) is 0 Å². The number of nitrogens with zero attached hydrogens (tertiary/aromatic N) is 2. The first-order valence-electron chi connectivity index (χ1n) is 5.07. The summed E-state index contributed by atoms with van der Waals surface area (Å²) in [7, 11) is 0. The van der Waals surface area contributed by atoms with Crippen LogP contribution in [0.5, 0.6) is 0 Å². The van der Waals surface area contributed by atoms with Gasteiger partial charge in [-0.05, 0) is 36.1 Å². The van der Waals surface area contributed by atoms with Gasteiger partial charge in [-0.1, -0.05) is 22.0 Å². The summed E-state index contributed by atoms with van der Waals surface area (Å²) < 4.78 is 1.12. The quantitative estimate of drug-likeness (QED) is 0.465. The van der Waals surface area contributed by atoms with Crippen molar-refractivity contribution < 1.29 is 0 Å². The van der Waals surface area contributed by atoms with Gasteiger partial charge in [0.2, 0.25) is 5.96 Å². The molecule has 0 atom stereocenters. The monoisotopic (exact) mass is 280 g/mol. The number of halogens is 1. The zero-order chi connectivity index (χ0) is 11.5. The van der Waals surface area contributed by atoms with E-state index in [4.69, 9.17) is 11.5 Å². The van der Waals surface area contributed by atoms with E-state index in [1.54, 1.807) is 0 Å². The second kappa shape index (κ2) is 4.65. The summed E-state index contributed by atoms with van der Waals surface area (Å²) in [6, 6.07) is 6.32. The Morgan fingerprint density at radius 1 is 1.19 bits per heavy atom. The van der Waals surface area contributed by atoms with Gasteiger partial charge in [-0.15, -0.1) is 5.10 Å². The van der Waals surface area contributed by atoms with Crippen LogP contribution in [-0.4, -0.2) is 11.7 Å². The van der Waals surface area contributed by atoms with Gasteiger partial charge in [0.05, 0.1) is 0 Å². The van der Waals surface area contributed by atoms with Gasteiger partial charge in [0.15, 0.2) is 0 Å². The van der Waals surface area contributed by atoms with Crippen molar-refractivity contribution in [2.75, 3.05) is 0 Å². The minimum atomic E-state index is 0.00843. The fourth-order valence-electron chi connectivity index (χ4n) is 1.80. The van der Waals surface area contributed by atoms with Crippen molar-refractivity contribution in [3.05, 3.63) is 33.8 Å². The molecule has 1 aromatic rings. The van der Waals surface area contributed by atoms with E-state index in [9.17, 15) is 0 Å². The molecule has 0 bridgehead atoms. The minimum Gasteiger partial charge on any atom is -0.369 e. The van der Waals surface area contributed by atoms with Crippen LogP contribution in [0, 0.1) is 0 Å². The number of nitrogens with two attached hydrogens (primary N) is 2. The molecule has 0 spiro atoms. The Hall–Kier alpha value is -1.36. The third kappa shape index (κ3) is 2.61. The molecule has 16 heavy (non-hydrogen) atoms. The Morgan fingerprint density at radius 2 is 2.00 bits per heavy atom. The molecule has 4 nitrogen and oxygen atoms in total. The van der Waals surface area contributed by atoms with Crippen molar-refractivity contribution in [1.82, 2.24) is 0 Å². The fourth-order valence-corrected chi connectivity index (χ4v) is 2.21. The summed E-state index contributed by atoms with van der Waals surface area (Å²) in [6.45, 7) is 0. The second-order valence-electron chi connectivity index (χ2n) is 3.78. The minimum absolute atomic E-state index is 0.00843. The van der Waals surface area contributed by atoms with Gasteiger partial charge in [-0.25, -0.2) is 0 Å². The van der Waals surface area contributed by atoms with E-state index in [-0.39, 0.29) is 5.96 Å². The van der Waals surface area contributed by atoms with Crippen LogP contribution in [0.3, 0.4) is 0 Å². The molecule has 0 aromatic heterocycles. The average molecular weight is 281 g/mol. The first kappa shape index (κ1) is 11.1. The Balaban J connectivity index is 2.21. The molecule has 1 aliphatic rings. The number of guanidine groups is 1. The van der Waals surface area contributed by atoms with Crippen LogP contribution >= 0.6 is 15.9 Å². The molecule has 1 aromatic carbocycles. The third-order valence-corrected chi connectivity index (χ3v) is 3.05. The number of hydrogen-bond acceptors (Lipinski definition) is 2. The average Bonchev–Trinajstić information content (AvgIpc) is 2.26. The van der Waals surface area contributed by atoms with Crippen molar-refractivity contribution in [2.45, 2.75) is 19.3 Å². The normalized spacial score (nSPS) is 16.9. The van der Waals surface area contributed by atoms with Crippen LogP contribution in [0.25, 0.3) is 0 Å². The van der Waals surface area contributed by atoms with Gasteiger partial charge < -0.3 is 11.5 Å². The van der Waals surface area contributed by atoms with Gasteiger partial charge >= 0.3 is 0 Å². The molecule has 0 saturated heterocycles. The molecule has 5 heteroatoms. The lowest BCUT2D eigenvalue weighted by Crippen LogP contribution is -2.22. The van der Waals surface area contributed by atoms with E-state index in [1.807, 2.05) is 6.07 Å². The van der Waals surface area contributed by atoms with E-state index in [0.717, 1.165) is 29.4 Å². The van der Waals surface area contributed by atoms with E-state index in [0.29, 0.717) is 0 Å². The molecule has 1 aliphatic carbocycles. The number of benzene rings is 1. The smallest absolute Gasteiger partial charge is 0.211 e. The van der Waals surface area contributed by atoms with Crippen LogP contribution in [-0.2, 0) is 12.8 Å². The third-order valence-electron chi connectivity index (χ3n) is 2.55. The van der Waals surface area contributed by atoms with Crippen molar-refractivity contribution >= 4 is 27.6 Å². The Morgan fingerprint density at radius 3 is 2.75 bits per heavy atom. The summed E-state index contributed by atoms with van der Waals surface area (Å²) in [5.41, 5.74) is 14.2. The Kier molecular flexibility index (Phi) is 3.24. The zero-order valence-corrected chi connectivity index (χ0v) is 10.4. The standard InChI is InChI=1S/C11H13BrN4/c12-9-3-1-8-6-10(15-16-11(13)14)4-2-7(8)5-9/h1,3,5H,2,4,6H2,(H4,13,14,16). The summed E-state index contributed by atoms with van der Waals surface area (Å²) in [6.07, 6.45) is 2.74. The predicted molar refractivity (Wildman–Crippen MR) is 69.4 cm³/mol. The molecule has 2 rings (SSSR count). The van der Waals surface area contributed by atoms with Crippen LogP contribution < -0.4 is 11.5 Å². The van der Waals surface area contributed by atoms with Crippen LogP contribution in [0.4, 0.5) is 0 Å². The molecule has 0 amide bonds. The molecular formula is C11H13BrN4. The maximum absolute atomic E-state index is 5.24. The molecule has 0 aliphatic heterocycles. The summed E-state index contributed by atoms with van der Waals surface area (Å²) in [5, 5.41) is 7.74. The molecule has 4 N–H and O–H groups in total. The maximum atomic E-state index is 5.24. The molecule has 0 saturated carbocycles. The van der Waals surface area contributed by atoms with Gasteiger partial charge in [0.1, 0.15) is 0 Å². The fraction of sp³-hybridized carbons (Fsp3) is 0.273. The van der Waals surface area contributed by atoms with Crippen LogP contribution in [0.1, 0.15) is 17.5 Å². The first-order chi connectivity index (χ1) is 7.65. The van der Waals surface area contributed by atoms with E-state index < -0.39 is 0 Å². The first-order valence-corrected chi connectivity index (χ1v) is 5.86. The van der Waals surface area contributed by atoms with E-state index in [2.05, 4.69) is 38.3 Å². The molecule has 0 unspecified atom stereocenters. The molecule has 0 fully saturated rings. The number of rotatable bonds is 1. The van der Waals surface area contributed by atoms with Crippen molar-refractivity contribution in [3.63, 3.8) is 0 Å². The molecule has 0 heterocycles. The van der Waals surface area contributed by atoms with Gasteiger partial charge in [-0.3, -0.25) is 0 Å². The molecule has 0 radical (unpaired) electrons. The van der Waals surface area contributed by atoms with E-state index in [1.165, 1.54) is 11.1 Å². The molecule has 84 valence electrons. The topological polar surface area (TPSA) is 76.8 Å². The van der Waals surface area contributed by atoms with Gasteiger partial charge in [0.25, 0.3) is 0 Å². The Labute approximate surface area is 103 Å². The number of hydrogen-bond donors (Lipinski definition) is 2. The largest absolute Gasteiger partial charge is 0.369 e. The van der Waals surface area contributed by atoms with Gasteiger partial charge in [0, 0.05) is 16.6 Å². The number of aryl methyl sites for hydroxylation is 1. The second-order valence-corrected chi connectivity index (χ2v) is 4.70. The van der Waals surface area contributed by atoms with Crippen molar-refractivity contribution in [2.24, 2.45) is 21.7 Å². The lowest BCUT2D eigenvalue weighted by Gasteiger charge is -2.16. The lowest BCUT2D eigenvalue weighted by atomic mass is 9.90. The van der Waals surface area contributed by atoms with Gasteiger partial charge in [-0.2, -0.15) is 5.10 Å². The van der Waals surface area contributed by atoms with E-state index >= 15 is 0 Å². The van der Waals surface area contributed by atoms with Crippen molar-refractivity contribution in [3.8, 4) is 0 Å². The Bertz CT molecular complexity index is 461. The SMILES string of the molecule is NC(N)=NN=C1CCc2cc(Br)ccc2C1. The highest BCUT2D eigenvalue weighted by atomic mass is 79.9. The number of fused-ring (bicyclic) bond motifs is 1. The highest BCUT2D eigenvalue weighted by Gasteiger charge is 2.14. The highest BCUT2D eigenvalue weighted by molar-refractivity contribution is 9.10. The lowest BCUT2D eigenvalue weighted by molar-refractivity contribution is 0.932. The summed E-state index contributed by atoms with van der Waals surface area (Å²) >= 11 is 3.47. The highest BCUT2D eigenvalue weighted by Crippen LogP contribution is 2.23. The zero-order valence-electron chi connectivity index (χ0n) is 8.78. The van der Waals surface area contributed by atoms with Crippen LogP contribution in [0.15, 0.2) is 32.9 Å². The molecular weight excluding hydrogens is 268 g/mol. The predicted octanol–water partition coefficient (Wildman–Crippen LogP) is 1.57. The summed E-state index contributed by atoms with van der Waals surface area (Å²) in [4.78, 5) is 0. The summed E-state index contributed by atoms with van der Waals surface area (Å²) in [5.74, 6) is 0.00843. The maximum Gasteiger partial charge on any atom is 0.211 e. The van der Waals surface area contributed by atoms with Crippen LogP contribution in [0.2, 0.25) is 0 Å².